The first kappa shape index (κ1) is 14.1. The molecule has 0 aliphatic heterocycles. The molecule has 1 aliphatic rings. The first-order valence-corrected chi connectivity index (χ1v) is 7.06. The zero-order valence-corrected chi connectivity index (χ0v) is 11.9. The highest BCUT2D eigenvalue weighted by Gasteiger charge is 2.32. The van der Waals surface area contributed by atoms with Crippen LogP contribution in [-0.4, -0.2) is 18.0 Å². The summed E-state index contributed by atoms with van der Waals surface area (Å²) >= 11 is 0. The predicted molar refractivity (Wildman–Crippen MR) is 77.7 cm³/mol. The van der Waals surface area contributed by atoms with Crippen LogP contribution in [-0.2, 0) is 11.2 Å². The van der Waals surface area contributed by atoms with Crippen molar-refractivity contribution in [2.24, 2.45) is 11.1 Å². The molecular formula is C16H24N2O. The van der Waals surface area contributed by atoms with Gasteiger partial charge < -0.3 is 11.1 Å². The lowest BCUT2D eigenvalue weighted by Crippen LogP contribution is -2.45. The third-order valence-electron chi connectivity index (χ3n) is 3.95. The average Bonchev–Trinajstić information content (AvgIpc) is 2.70. The first-order valence-electron chi connectivity index (χ1n) is 7.06. The number of carbonyl (C=O) groups is 1. The highest BCUT2D eigenvalue weighted by molar-refractivity contribution is 5.82. The molecule has 19 heavy (non-hydrogen) atoms. The van der Waals surface area contributed by atoms with Gasteiger partial charge in [-0.05, 0) is 36.7 Å². The molecular weight excluding hydrogens is 236 g/mol. The third kappa shape index (κ3) is 4.06. The second-order valence-electron chi connectivity index (χ2n) is 6.41. The van der Waals surface area contributed by atoms with Gasteiger partial charge in [-0.1, -0.05) is 44.2 Å². The minimum Gasteiger partial charge on any atom is -0.352 e. The molecule has 1 aromatic rings. The van der Waals surface area contributed by atoms with Gasteiger partial charge in [0.25, 0.3) is 0 Å². The summed E-state index contributed by atoms with van der Waals surface area (Å²) in [4.78, 5) is 12.1. The number of nitrogens with one attached hydrogen (secondary N) is 1. The Morgan fingerprint density at radius 2 is 2.11 bits per heavy atom. The lowest BCUT2D eigenvalue weighted by Gasteiger charge is -2.19. The Labute approximate surface area is 115 Å². The van der Waals surface area contributed by atoms with Gasteiger partial charge in [0.05, 0.1) is 6.04 Å². The second kappa shape index (κ2) is 5.74. The highest BCUT2D eigenvalue weighted by atomic mass is 16.2. The summed E-state index contributed by atoms with van der Waals surface area (Å²) in [5.74, 6) is -0.0217. The van der Waals surface area contributed by atoms with Crippen LogP contribution in [0.15, 0.2) is 30.3 Å². The predicted octanol–water partition coefficient (Wildman–Crippen LogP) is 2.25. The number of rotatable bonds is 4. The summed E-state index contributed by atoms with van der Waals surface area (Å²) < 4.78 is 0. The second-order valence-corrected chi connectivity index (χ2v) is 6.41. The monoisotopic (exact) mass is 260 g/mol. The fourth-order valence-electron chi connectivity index (χ4n) is 2.83. The lowest BCUT2D eigenvalue weighted by molar-refractivity contribution is -0.123. The maximum absolute atomic E-state index is 12.1. The third-order valence-corrected chi connectivity index (χ3v) is 3.95. The molecule has 3 N–H and O–H groups in total. The number of amides is 1. The number of hydrogen-bond donors (Lipinski definition) is 2. The Hall–Kier alpha value is -1.35. The van der Waals surface area contributed by atoms with E-state index >= 15 is 0 Å². The summed E-state index contributed by atoms with van der Waals surface area (Å²) in [5.41, 5.74) is 7.44. The Kier molecular flexibility index (Phi) is 4.25. The number of nitrogens with two attached hydrogens (primary N) is 1. The van der Waals surface area contributed by atoms with Crippen molar-refractivity contribution in [2.75, 3.05) is 0 Å². The van der Waals surface area contributed by atoms with E-state index in [0.29, 0.717) is 17.9 Å². The van der Waals surface area contributed by atoms with Crippen LogP contribution in [0.3, 0.4) is 0 Å². The molecule has 0 radical (unpaired) electrons. The van der Waals surface area contributed by atoms with Crippen molar-refractivity contribution in [2.45, 2.75) is 51.6 Å². The summed E-state index contributed by atoms with van der Waals surface area (Å²) in [5, 5.41) is 3.09. The Morgan fingerprint density at radius 3 is 2.68 bits per heavy atom. The summed E-state index contributed by atoms with van der Waals surface area (Å²) in [6, 6.07) is 9.77. The topological polar surface area (TPSA) is 55.1 Å². The van der Waals surface area contributed by atoms with Gasteiger partial charge in [0.15, 0.2) is 0 Å². The normalized spacial score (nSPS) is 23.0. The Bertz CT molecular complexity index is 428. The van der Waals surface area contributed by atoms with E-state index in [1.165, 1.54) is 6.42 Å². The van der Waals surface area contributed by atoms with E-state index in [0.717, 1.165) is 18.4 Å². The van der Waals surface area contributed by atoms with E-state index in [2.05, 4.69) is 19.2 Å². The van der Waals surface area contributed by atoms with Crippen LogP contribution in [0.4, 0.5) is 0 Å². The molecule has 104 valence electrons. The van der Waals surface area contributed by atoms with Crippen molar-refractivity contribution in [1.82, 2.24) is 5.32 Å². The zero-order valence-electron chi connectivity index (χ0n) is 11.9. The summed E-state index contributed by atoms with van der Waals surface area (Å²) in [7, 11) is 0. The van der Waals surface area contributed by atoms with Crippen LogP contribution in [0.1, 0.15) is 38.7 Å². The van der Waals surface area contributed by atoms with E-state index in [1.54, 1.807) is 0 Å². The minimum absolute atomic E-state index is 0.0217. The molecule has 1 amide bonds. The molecule has 0 spiro atoms. The van der Waals surface area contributed by atoms with Gasteiger partial charge in [-0.2, -0.15) is 0 Å². The van der Waals surface area contributed by atoms with Gasteiger partial charge in [-0.3, -0.25) is 4.79 Å². The van der Waals surface area contributed by atoms with Crippen LogP contribution in [0.2, 0.25) is 0 Å². The molecule has 1 aromatic carbocycles. The van der Waals surface area contributed by atoms with Crippen molar-refractivity contribution in [3.8, 4) is 0 Å². The highest BCUT2D eigenvalue weighted by Crippen LogP contribution is 2.36. The van der Waals surface area contributed by atoms with E-state index in [-0.39, 0.29) is 5.91 Å². The van der Waals surface area contributed by atoms with Gasteiger partial charge >= 0.3 is 0 Å². The van der Waals surface area contributed by atoms with Gasteiger partial charge in [0.1, 0.15) is 0 Å². The van der Waals surface area contributed by atoms with Crippen molar-refractivity contribution >= 4 is 5.91 Å². The zero-order chi connectivity index (χ0) is 13.9. The molecule has 0 saturated heterocycles. The van der Waals surface area contributed by atoms with Gasteiger partial charge in [-0.15, -0.1) is 0 Å². The average molecular weight is 260 g/mol. The maximum Gasteiger partial charge on any atom is 0.237 e. The molecule has 3 heteroatoms. The smallest absolute Gasteiger partial charge is 0.237 e. The van der Waals surface area contributed by atoms with Crippen molar-refractivity contribution < 1.29 is 4.79 Å². The SMILES string of the molecule is CC1(C)CCC(NC(=O)C(N)Cc2ccccc2)C1. The molecule has 3 nitrogen and oxygen atoms in total. The van der Waals surface area contributed by atoms with Crippen LogP contribution in [0, 0.1) is 5.41 Å². The van der Waals surface area contributed by atoms with E-state index in [4.69, 9.17) is 5.73 Å². The number of benzene rings is 1. The molecule has 2 unspecified atom stereocenters. The molecule has 1 fully saturated rings. The van der Waals surface area contributed by atoms with Crippen LogP contribution in [0.25, 0.3) is 0 Å². The van der Waals surface area contributed by atoms with Crippen LogP contribution >= 0.6 is 0 Å². The van der Waals surface area contributed by atoms with Crippen molar-refractivity contribution in [3.05, 3.63) is 35.9 Å². The number of hydrogen-bond acceptors (Lipinski definition) is 2. The standard InChI is InChI=1S/C16H24N2O/c1-16(2)9-8-13(11-16)18-15(19)14(17)10-12-6-4-3-5-7-12/h3-7,13-14H,8-11,17H2,1-2H3,(H,18,19). The molecule has 0 bridgehead atoms. The fraction of sp³-hybridized carbons (Fsp3) is 0.562. The minimum atomic E-state index is -0.453. The van der Waals surface area contributed by atoms with Gasteiger partial charge in [-0.25, -0.2) is 0 Å². The van der Waals surface area contributed by atoms with Gasteiger partial charge in [0, 0.05) is 6.04 Å². The molecule has 2 atom stereocenters. The number of carbonyl (C=O) groups excluding carboxylic acids is 1. The van der Waals surface area contributed by atoms with E-state index in [9.17, 15) is 4.79 Å². The Balaban J connectivity index is 1.83. The van der Waals surface area contributed by atoms with Crippen LogP contribution in [0.5, 0.6) is 0 Å². The molecule has 1 aliphatic carbocycles. The molecule has 0 aromatic heterocycles. The van der Waals surface area contributed by atoms with Crippen molar-refractivity contribution in [3.63, 3.8) is 0 Å². The maximum atomic E-state index is 12.1. The van der Waals surface area contributed by atoms with E-state index in [1.807, 2.05) is 30.3 Å². The summed E-state index contributed by atoms with van der Waals surface area (Å²) in [6.07, 6.45) is 3.89. The molecule has 1 saturated carbocycles. The fourth-order valence-corrected chi connectivity index (χ4v) is 2.83. The lowest BCUT2D eigenvalue weighted by atomic mass is 9.92. The largest absolute Gasteiger partial charge is 0.352 e. The van der Waals surface area contributed by atoms with Crippen molar-refractivity contribution in [1.29, 1.82) is 0 Å². The Morgan fingerprint density at radius 1 is 1.42 bits per heavy atom. The van der Waals surface area contributed by atoms with E-state index < -0.39 is 6.04 Å². The summed E-state index contributed by atoms with van der Waals surface area (Å²) in [6.45, 7) is 4.51. The van der Waals surface area contributed by atoms with Crippen LogP contribution < -0.4 is 11.1 Å². The molecule has 2 rings (SSSR count). The van der Waals surface area contributed by atoms with Gasteiger partial charge in [0.2, 0.25) is 5.91 Å². The first-order chi connectivity index (χ1) is 8.96. The molecule has 0 heterocycles. The quantitative estimate of drug-likeness (QED) is 0.872.